The van der Waals surface area contributed by atoms with Crippen LogP contribution in [0.4, 0.5) is 5.69 Å². The number of fused-ring (bicyclic) bond motifs is 1. The third-order valence-corrected chi connectivity index (χ3v) is 3.96. The highest BCUT2D eigenvalue weighted by Crippen LogP contribution is 2.32. The van der Waals surface area contributed by atoms with Crippen LogP contribution in [0.25, 0.3) is 11.0 Å². The molecule has 1 amide bonds. The summed E-state index contributed by atoms with van der Waals surface area (Å²) in [7, 11) is 1.59. The van der Waals surface area contributed by atoms with E-state index in [1.54, 1.807) is 13.2 Å². The molecule has 4 heteroatoms. The summed E-state index contributed by atoms with van der Waals surface area (Å²) in [6, 6.07) is 15.1. The van der Waals surface area contributed by atoms with Crippen LogP contribution in [0, 0.1) is 0 Å². The molecular weight excluding hydrogens is 302 g/mol. The van der Waals surface area contributed by atoms with E-state index in [1.807, 2.05) is 42.5 Å². The Morgan fingerprint density at radius 1 is 1.08 bits per heavy atom. The lowest BCUT2D eigenvalue weighted by molar-refractivity contribution is 0.0998. The largest absolute Gasteiger partial charge is 0.495 e. The molecule has 124 valence electrons. The normalized spacial score (nSPS) is 11.5. The van der Waals surface area contributed by atoms with E-state index in [2.05, 4.69) is 26.1 Å². The molecule has 2 aromatic carbocycles. The molecule has 0 aliphatic heterocycles. The van der Waals surface area contributed by atoms with Gasteiger partial charge in [0.25, 0.3) is 5.91 Å². The Labute approximate surface area is 141 Å². The maximum absolute atomic E-state index is 12.6. The number of para-hydroxylation sites is 1. The van der Waals surface area contributed by atoms with Gasteiger partial charge in [-0.1, -0.05) is 45.0 Å². The molecule has 0 fully saturated rings. The average Bonchev–Trinajstić information content (AvgIpc) is 2.98. The molecule has 0 aliphatic carbocycles. The first-order valence-electron chi connectivity index (χ1n) is 7.87. The lowest BCUT2D eigenvalue weighted by atomic mass is 9.87. The number of benzene rings is 2. The summed E-state index contributed by atoms with van der Waals surface area (Å²) in [4.78, 5) is 12.6. The topological polar surface area (TPSA) is 51.5 Å². The van der Waals surface area contributed by atoms with E-state index < -0.39 is 0 Å². The van der Waals surface area contributed by atoms with Gasteiger partial charge in [-0.3, -0.25) is 4.79 Å². The highest BCUT2D eigenvalue weighted by Gasteiger charge is 2.18. The van der Waals surface area contributed by atoms with E-state index >= 15 is 0 Å². The minimum absolute atomic E-state index is 0.0227. The van der Waals surface area contributed by atoms with Crippen LogP contribution in [0.5, 0.6) is 5.75 Å². The van der Waals surface area contributed by atoms with E-state index in [0.717, 1.165) is 10.9 Å². The summed E-state index contributed by atoms with van der Waals surface area (Å²) >= 11 is 0. The van der Waals surface area contributed by atoms with Crippen molar-refractivity contribution in [3.8, 4) is 5.75 Å². The minimum atomic E-state index is -0.296. The molecular formula is C20H21NO3. The quantitative estimate of drug-likeness (QED) is 0.738. The van der Waals surface area contributed by atoms with E-state index in [9.17, 15) is 4.79 Å². The van der Waals surface area contributed by atoms with Crippen molar-refractivity contribution >= 4 is 22.6 Å². The number of hydrogen-bond donors (Lipinski definition) is 1. The highest BCUT2D eigenvalue weighted by atomic mass is 16.5. The number of hydrogen-bond acceptors (Lipinski definition) is 3. The molecule has 3 rings (SSSR count). The van der Waals surface area contributed by atoms with Crippen LogP contribution in [0.2, 0.25) is 0 Å². The lowest BCUT2D eigenvalue weighted by Crippen LogP contribution is -2.15. The predicted octanol–water partition coefficient (Wildman–Crippen LogP) is 4.99. The number of carbonyl (C=O) groups excluding carboxylic acids is 1. The lowest BCUT2D eigenvalue weighted by Gasteiger charge is -2.21. The van der Waals surface area contributed by atoms with Crippen LogP contribution in [0.3, 0.4) is 0 Å². The summed E-state index contributed by atoms with van der Waals surface area (Å²) < 4.78 is 11.0. The first-order valence-corrected chi connectivity index (χ1v) is 7.87. The zero-order valence-electron chi connectivity index (χ0n) is 14.3. The van der Waals surface area contributed by atoms with Gasteiger partial charge in [0.1, 0.15) is 11.3 Å². The van der Waals surface area contributed by atoms with Gasteiger partial charge in [-0.25, -0.2) is 0 Å². The van der Waals surface area contributed by atoms with Gasteiger partial charge in [0.2, 0.25) is 0 Å². The molecule has 0 unspecified atom stereocenters. The first-order chi connectivity index (χ1) is 11.4. The van der Waals surface area contributed by atoms with Crippen LogP contribution in [0.1, 0.15) is 36.9 Å². The molecule has 1 N–H and O–H groups in total. The fourth-order valence-electron chi connectivity index (χ4n) is 2.55. The zero-order valence-corrected chi connectivity index (χ0v) is 14.3. The van der Waals surface area contributed by atoms with Crippen LogP contribution in [-0.4, -0.2) is 13.0 Å². The Balaban J connectivity index is 1.93. The Bertz CT molecular complexity index is 854. The number of nitrogens with one attached hydrogen (secondary N) is 1. The summed E-state index contributed by atoms with van der Waals surface area (Å²) in [5, 5.41) is 3.79. The smallest absolute Gasteiger partial charge is 0.291 e. The standard InChI is InChI=1S/C20H21NO3/c1-20(2,3)14-9-10-17(23-4)15(12-14)21-19(22)18-11-13-7-5-6-8-16(13)24-18/h5-12H,1-4H3,(H,21,22). The summed E-state index contributed by atoms with van der Waals surface area (Å²) in [5.74, 6) is 0.599. The molecule has 0 spiro atoms. The van der Waals surface area contributed by atoms with E-state index in [4.69, 9.17) is 9.15 Å². The van der Waals surface area contributed by atoms with E-state index in [-0.39, 0.29) is 17.1 Å². The Kier molecular flexibility index (Phi) is 4.06. The Morgan fingerprint density at radius 2 is 1.83 bits per heavy atom. The Hall–Kier alpha value is -2.75. The molecule has 1 aromatic heterocycles. The zero-order chi connectivity index (χ0) is 17.3. The van der Waals surface area contributed by atoms with Gasteiger partial charge in [0.05, 0.1) is 12.8 Å². The third-order valence-electron chi connectivity index (χ3n) is 3.96. The van der Waals surface area contributed by atoms with Crippen molar-refractivity contribution in [2.75, 3.05) is 12.4 Å². The number of ether oxygens (including phenoxy) is 1. The van der Waals surface area contributed by atoms with Gasteiger partial charge in [-0.05, 0) is 35.2 Å². The molecule has 0 radical (unpaired) electrons. The number of anilines is 1. The molecule has 3 aromatic rings. The van der Waals surface area contributed by atoms with Crippen molar-refractivity contribution in [1.82, 2.24) is 0 Å². The molecule has 0 saturated carbocycles. The number of rotatable bonds is 3. The number of carbonyl (C=O) groups is 1. The fraction of sp³-hybridized carbons (Fsp3) is 0.250. The van der Waals surface area contributed by atoms with Gasteiger partial charge in [0.15, 0.2) is 5.76 Å². The maximum Gasteiger partial charge on any atom is 0.291 e. The number of amides is 1. The second kappa shape index (κ2) is 6.04. The molecule has 0 aliphatic rings. The predicted molar refractivity (Wildman–Crippen MR) is 95.9 cm³/mol. The SMILES string of the molecule is COc1ccc(C(C)(C)C)cc1NC(=O)c1cc2ccccc2o1. The Morgan fingerprint density at radius 3 is 2.50 bits per heavy atom. The first kappa shape index (κ1) is 16.1. The van der Waals surface area contributed by atoms with E-state index in [1.165, 1.54) is 0 Å². The second-order valence-electron chi connectivity index (χ2n) is 6.77. The van der Waals surface area contributed by atoms with Crippen molar-refractivity contribution in [3.63, 3.8) is 0 Å². The van der Waals surface area contributed by atoms with E-state index in [0.29, 0.717) is 17.0 Å². The molecule has 0 saturated heterocycles. The van der Waals surface area contributed by atoms with Gasteiger partial charge < -0.3 is 14.5 Å². The molecule has 0 atom stereocenters. The number of methoxy groups -OCH3 is 1. The highest BCUT2D eigenvalue weighted by molar-refractivity contribution is 6.05. The van der Waals surface area contributed by atoms with Crippen molar-refractivity contribution in [2.45, 2.75) is 26.2 Å². The number of furan rings is 1. The van der Waals surface area contributed by atoms with Crippen LogP contribution in [-0.2, 0) is 5.41 Å². The van der Waals surface area contributed by atoms with Gasteiger partial charge >= 0.3 is 0 Å². The van der Waals surface area contributed by atoms with Crippen molar-refractivity contribution in [3.05, 3.63) is 59.9 Å². The van der Waals surface area contributed by atoms with Crippen LogP contribution in [0.15, 0.2) is 52.9 Å². The molecule has 24 heavy (non-hydrogen) atoms. The van der Waals surface area contributed by atoms with Gasteiger partial charge in [-0.2, -0.15) is 0 Å². The fourth-order valence-corrected chi connectivity index (χ4v) is 2.55. The monoisotopic (exact) mass is 323 g/mol. The van der Waals surface area contributed by atoms with Gasteiger partial charge in [-0.15, -0.1) is 0 Å². The van der Waals surface area contributed by atoms with Crippen molar-refractivity contribution in [2.24, 2.45) is 0 Å². The second-order valence-corrected chi connectivity index (χ2v) is 6.77. The maximum atomic E-state index is 12.6. The van der Waals surface area contributed by atoms with Crippen molar-refractivity contribution in [1.29, 1.82) is 0 Å². The molecule has 0 bridgehead atoms. The summed E-state index contributed by atoms with van der Waals surface area (Å²) in [5.41, 5.74) is 2.42. The van der Waals surface area contributed by atoms with Crippen LogP contribution >= 0.6 is 0 Å². The van der Waals surface area contributed by atoms with Crippen LogP contribution < -0.4 is 10.1 Å². The molecule has 4 nitrogen and oxygen atoms in total. The average molecular weight is 323 g/mol. The summed E-state index contributed by atoms with van der Waals surface area (Å²) in [6.45, 7) is 6.37. The molecule has 1 heterocycles. The minimum Gasteiger partial charge on any atom is -0.495 e. The summed E-state index contributed by atoms with van der Waals surface area (Å²) in [6.07, 6.45) is 0. The third kappa shape index (κ3) is 3.13. The van der Waals surface area contributed by atoms with Gasteiger partial charge in [0, 0.05) is 5.39 Å². The van der Waals surface area contributed by atoms with Crippen molar-refractivity contribution < 1.29 is 13.9 Å².